The molecule has 1 saturated carbocycles. The van der Waals surface area contributed by atoms with Gasteiger partial charge in [-0.1, -0.05) is 56.0 Å². The van der Waals surface area contributed by atoms with Crippen LogP contribution in [0.25, 0.3) is 10.9 Å². The Morgan fingerprint density at radius 1 is 1.11 bits per heavy atom. The van der Waals surface area contributed by atoms with E-state index in [1.54, 1.807) is 16.7 Å². The predicted octanol–water partition coefficient (Wildman–Crippen LogP) is 4.64. The van der Waals surface area contributed by atoms with E-state index in [1.165, 1.54) is 12.8 Å². The van der Waals surface area contributed by atoms with Crippen LogP contribution in [0.5, 0.6) is 0 Å². The number of Topliss-reactive ketones (excluding diaryl/α,β-unsaturated/α-hetero) is 1. The maximum absolute atomic E-state index is 13.3. The molecular formula is C24H26N2O2. The Morgan fingerprint density at radius 3 is 2.71 bits per heavy atom. The summed E-state index contributed by atoms with van der Waals surface area (Å²) >= 11 is 0. The van der Waals surface area contributed by atoms with E-state index in [4.69, 9.17) is 0 Å². The SMILES string of the molecule is Cc1ccc(=O)n([C@@H](CC2CCCC2)C(=O)Cc2ccc3ccccc3n2)c1. The van der Waals surface area contributed by atoms with Crippen molar-refractivity contribution in [2.24, 2.45) is 5.92 Å². The highest BCUT2D eigenvalue weighted by Crippen LogP contribution is 2.32. The van der Waals surface area contributed by atoms with E-state index in [2.05, 4.69) is 4.98 Å². The van der Waals surface area contributed by atoms with Crippen LogP contribution in [0, 0.1) is 12.8 Å². The summed E-state index contributed by atoms with van der Waals surface area (Å²) in [5.74, 6) is 0.591. The van der Waals surface area contributed by atoms with Gasteiger partial charge in [0.1, 0.15) is 0 Å². The lowest BCUT2D eigenvalue weighted by molar-refractivity contribution is -0.122. The minimum Gasteiger partial charge on any atom is -0.305 e. The van der Waals surface area contributed by atoms with Gasteiger partial charge in [-0.05, 0) is 37.0 Å². The van der Waals surface area contributed by atoms with Crippen LogP contribution in [0.4, 0.5) is 0 Å². The number of ketones is 1. The van der Waals surface area contributed by atoms with E-state index in [0.717, 1.165) is 41.4 Å². The van der Waals surface area contributed by atoms with Crippen LogP contribution in [0.3, 0.4) is 0 Å². The summed E-state index contributed by atoms with van der Waals surface area (Å²) in [6.07, 6.45) is 7.57. The normalized spacial score (nSPS) is 15.8. The standard InChI is InChI=1S/C24H26N2O2/c1-17-10-13-24(28)26(16-17)22(14-18-6-2-3-7-18)23(27)15-20-12-11-19-8-4-5-9-21(19)25-20/h4-5,8-13,16,18,22H,2-3,6-7,14-15H2,1H3/t22-/m0/s1. The summed E-state index contributed by atoms with van der Waals surface area (Å²) in [4.78, 5) is 30.5. The molecule has 1 fully saturated rings. The number of carbonyl (C=O) groups excluding carboxylic acids is 1. The highest BCUT2D eigenvalue weighted by molar-refractivity contribution is 5.85. The molecule has 4 heteroatoms. The number of nitrogens with zero attached hydrogens (tertiary/aromatic N) is 2. The lowest BCUT2D eigenvalue weighted by atomic mass is 9.93. The summed E-state index contributed by atoms with van der Waals surface area (Å²) in [5, 5.41) is 1.07. The molecule has 28 heavy (non-hydrogen) atoms. The van der Waals surface area contributed by atoms with E-state index in [-0.39, 0.29) is 17.8 Å². The van der Waals surface area contributed by atoms with Crippen molar-refractivity contribution in [3.05, 3.63) is 76.3 Å². The zero-order valence-corrected chi connectivity index (χ0v) is 16.3. The molecule has 0 spiro atoms. The van der Waals surface area contributed by atoms with Crippen LogP contribution < -0.4 is 5.56 Å². The second-order valence-electron chi connectivity index (χ2n) is 7.99. The van der Waals surface area contributed by atoms with Crippen molar-refractivity contribution in [3.8, 4) is 0 Å². The van der Waals surface area contributed by atoms with Crippen molar-refractivity contribution in [3.63, 3.8) is 0 Å². The molecule has 1 atom stereocenters. The number of aromatic nitrogens is 2. The zero-order valence-electron chi connectivity index (χ0n) is 16.3. The molecule has 4 nitrogen and oxygen atoms in total. The van der Waals surface area contributed by atoms with Gasteiger partial charge < -0.3 is 4.57 Å². The monoisotopic (exact) mass is 374 g/mol. The lowest BCUT2D eigenvalue weighted by Gasteiger charge is -2.22. The second-order valence-corrected chi connectivity index (χ2v) is 7.99. The van der Waals surface area contributed by atoms with Crippen LogP contribution >= 0.6 is 0 Å². The summed E-state index contributed by atoms with van der Waals surface area (Å²) < 4.78 is 1.65. The van der Waals surface area contributed by atoms with Crippen LogP contribution in [-0.2, 0) is 11.2 Å². The number of aryl methyl sites for hydroxylation is 1. The molecule has 2 heterocycles. The molecule has 0 aliphatic heterocycles. The lowest BCUT2D eigenvalue weighted by Crippen LogP contribution is -2.31. The zero-order chi connectivity index (χ0) is 19.5. The van der Waals surface area contributed by atoms with Gasteiger partial charge >= 0.3 is 0 Å². The Hall–Kier alpha value is -2.75. The maximum atomic E-state index is 13.3. The number of hydrogen-bond donors (Lipinski definition) is 0. The number of pyridine rings is 2. The Balaban J connectivity index is 1.63. The third-order valence-corrected chi connectivity index (χ3v) is 5.84. The smallest absolute Gasteiger partial charge is 0.251 e. The highest BCUT2D eigenvalue weighted by atomic mass is 16.1. The van der Waals surface area contributed by atoms with Crippen LogP contribution in [0.1, 0.15) is 49.4 Å². The van der Waals surface area contributed by atoms with Crippen LogP contribution in [0.15, 0.2) is 59.5 Å². The van der Waals surface area contributed by atoms with Crippen LogP contribution in [0.2, 0.25) is 0 Å². The molecule has 0 unspecified atom stereocenters. The fourth-order valence-electron chi connectivity index (χ4n) is 4.32. The fraction of sp³-hybridized carbons (Fsp3) is 0.375. The van der Waals surface area contributed by atoms with Gasteiger partial charge in [-0.15, -0.1) is 0 Å². The second kappa shape index (κ2) is 8.09. The van der Waals surface area contributed by atoms with Crippen molar-refractivity contribution in [2.75, 3.05) is 0 Å². The molecule has 2 aromatic heterocycles. The quantitative estimate of drug-likeness (QED) is 0.632. The van der Waals surface area contributed by atoms with Gasteiger partial charge in [0.25, 0.3) is 5.56 Å². The first kappa shape index (κ1) is 18.6. The molecule has 0 saturated heterocycles. The number of hydrogen-bond acceptors (Lipinski definition) is 3. The molecule has 3 aromatic rings. The summed E-state index contributed by atoms with van der Waals surface area (Å²) in [5.41, 5.74) is 2.55. The summed E-state index contributed by atoms with van der Waals surface area (Å²) in [7, 11) is 0. The molecule has 0 amide bonds. The first-order valence-corrected chi connectivity index (χ1v) is 10.2. The third-order valence-electron chi connectivity index (χ3n) is 5.84. The van der Waals surface area contributed by atoms with Gasteiger partial charge in [-0.2, -0.15) is 0 Å². The van der Waals surface area contributed by atoms with E-state index in [9.17, 15) is 9.59 Å². The Labute approximate surface area is 165 Å². The molecule has 0 bridgehead atoms. The van der Waals surface area contributed by atoms with Crippen molar-refractivity contribution in [1.29, 1.82) is 0 Å². The van der Waals surface area contributed by atoms with Gasteiger partial charge in [0, 0.05) is 23.3 Å². The number of fused-ring (bicyclic) bond motifs is 1. The third kappa shape index (κ3) is 4.06. The molecule has 1 aliphatic carbocycles. The number of para-hydroxylation sites is 1. The van der Waals surface area contributed by atoms with Gasteiger partial charge in [0.05, 0.1) is 18.0 Å². The van der Waals surface area contributed by atoms with Crippen molar-refractivity contribution < 1.29 is 4.79 Å². The molecule has 1 aliphatic rings. The van der Waals surface area contributed by atoms with Gasteiger partial charge in [0.15, 0.2) is 5.78 Å². The first-order valence-electron chi connectivity index (χ1n) is 10.2. The maximum Gasteiger partial charge on any atom is 0.251 e. The van der Waals surface area contributed by atoms with E-state index in [0.29, 0.717) is 5.92 Å². The number of carbonyl (C=O) groups is 1. The van der Waals surface area contributed by atoms with Crippen molar-refractivity contribution >= 4 is 16.7 Å². The summed E-state index contributed by atoms with van der Waals surface area (Å²) in [6, 6.07) is 14.8. The Kier molecular flexibility index (Phi) is 5.38. The van der Waals surface area contributed by atoms with Gasteiger partial charge in [-0.25, -0.2) is 0 Å². The molecule has 0 radical (unpaired) electrons. The van der Waals surface area contributed by atoms with E-state index >= 15 is 0 Å². The summed E-state index contributed by atoms with van der Waals surface area (Å²) in [6.45, 7) is 1.96. The van der Waals surface area contributed by atoms with Gasteiger partial charge in [-0.3, -0.25) is 14.6 Å². The Morgan fingerprint density at radius 2 is 1.89 bits per heavy atom. The van der Waals surface area contributed by atoms with E-state index in [1.807, 2.05) is 49.5 Å². The average molecular weight is 374 g/mol. The molecule has 4 rings (SSSR count). The highest BCUT2D eigenvalue weighted by Gasteiger charge is 2.27. The van der Waals surface area contributed by atoms with E-state index < -0.39 is 6.04 Å². The topological polar surface area (TPSA) is 52.0 Å². The molecule has 1 aromatic carbocycles. The molecule has 0 N–H and O–H groups in total. The molecule has 144 valence electrons. The average Bonchev–Trinajstić information content (AvgIpc) is 3.21. The van der Waals surface area contributed by atoms with Crippen molar-refractivity contribution in [2.45, 2.75) is 51.5 Å². The van der Waals surface area contributed by atoms with Crippen LogP contribution in [-0.4, -0.2) is 15.3 Å². The fourth-order valence-corrected chi connectivity index (χ4v) is 4.32. The first-order chi connectivity index (χ1) is 13.6. The number of benzene rings is 1. The largest absolute Gasteiger partial charge is 0.305 e. The molecular weight excluding hydrogens is 348 g/mol. The minimum absolute atomic E-state index is 0.0716. The number of rotatable bonds is 6. The Bertz CT molecular complexity index is 1050. The minimum atomic E-state index is -0.413. The predicted molar refractivity (Wildman–Crippen MR) is 112 cm³/mol. The van der Waals surface area contributed by atoms with Crippen molar-refractivity contribution in [1.82, 2.24) is 9.55 Å². The van der Waals surface area contributed by atoms with Gasteiger partial charge in [0.2, 0.25) is 0 Å².